The number of benzene rings is 1. The molecule has 0 bridgehead atoms. The van der Waals surface area contributed by atoms with E-state index < -0.39 is 5.50 Å². The van der Waals surface area contributed by atoms with Crippen molar-refractivity contribution in [1.29, 1.82) is 0 Å². The first-order chi connectivity index (χ1) is 10.2. The van der Waals surface area contributed by atoms with Crippen LogP contribution in [0.25, 0.3) is 0 Å². The van der Waals surface area contributed by atoms with Gasteiger partial charge in [0.05, 0.1) is 11.7 Å². The van der Waals surface area contributed by atoms with Crippen molar-refractivity contribution in [3.05, 3.63) is 65.5 Å². The van der Waals surface area contributed by atoms with Gasteiger partial charge in [-0.25, -0.2) is 4.72 Å². The smallest absolute Gasteiger partial charge is 0.115 e. The maximum absolute atomic E-state index is 5.63. The van der Waals surface area contributed by atoms with Crippen LogP contribution in [0.4, 0.5) is 0 Å². The van der Waals surface area contributed by atoms with Crippen LogP contribution >= 0.6 is 11.9 Å². The van der Waals surface area contributed by atoms with Gasteiger partial charge in [-0.3, -0.25) is 4.98 Å². The molecule has 1 aliphatic rings. The lowest BCUT2D eigenvalue weighted by Crippen LogP contribution is -2.31. The molecule has 1 aliphatic carbocycles. The minimum atomic E-state index is -0.457. The lowest BCUT2D eigenvalue weighted by Gasteiger charge is -2.19. The van der Waals surface area contributed by atoms with Crippen LogP contribution in [0.3, 0.4) is 0 Å². The van der Waals surface area contributed by atoms with E-state index in [0.29, 0.717) is 0 Å². The summed E-state index contributed by atoms with van der Waals surface area (Å²) in [7, 11) is 0. The summed E-state index contributed by atoms with van der Waals surface area (Å²) in [6.45, 7) is 0. The molecular formula is C16H20N4S. The van der Waals surface area contributed by atoms with Gasteiger partial charge < -0.3 is 11.5 Å². The molecule has 4 nitrogen and oxygen atoms in total. The Balaban J connectivity index is 1.83. The number of pyridine rings is 1. The van der Waals surface area contributed by atoms with Crippen LogP contribution in [-0.4, -0.2) is 10.5 Å². The summed E-state index contributed by atoms with van der Waals surface area (Å²) in [6, 6.07) is 14.5. The maximum atomic E-state index is 5.63. The van der Waals surface area contributed by atoms with E-state index in [1.807, 2.05) is 24.4 Å². The van der Waals surface area contributed by atoms with Crippen molar-refractivity contribution < 1.29 is 0 Å². The SMILES string of the molecule is NC(N)SNC(c1ccccc1)c1ccc(C2CC2)cn1. The van der Waals surface area contributed by atoms with Crippen LogP contribution < -0.4 is 16.2 Å². The molecule has 0 spiro atoms. The van der Waals surface area contributed by atoms with E-state index in [0.717, 1.165) is 17.2 Å². The summed E-state index contributed by atoms with van der Waals surface area (Å²) in [5.74, 6) is 0.724. The lowest BCUT2D eigenvalue weighted by atomic mass is 10.0. The molecule has 21 heavy (non-hydrogen) atoms. The standard InChI is InChI=1S/C16H20N4S/c17-16(18)21-20-15(12-4-2-1-3-5-12)14-9-8-13(10-19-14)11-6-7-11/h1-5,8-11,15-16,20H,6-7,17-18H2. The van der Waals surface area contributed by atoms with Gasteiger partial charge in [-0.1, -0.05) is 36.4 Å². The van der Waals surface area contributed by atoms with Crippen molar-refractivity contribution >= 4 is 11.9 Å². The Kier molecular flexibility index (Phi) is 4.55. The largest absolute Gasteiger partial charge is 0.306 e. The second kappa shape index (κ2) is 6.58. The van der Waals surface area contributed by atoms with E-state index in [1.165, 1.54) is 30.4 Å². The van der Waals surface area contributed by atoms with E-state index in [9.17, 15) is 0 Å². The molecule has 110 valence electrons. The fourth-order valence-electron chi connectivity index (χ4n) is 2.34. The highest BCUT2D eigenvalue weighted by Gasteiger charge is 2.24. The van der Waals surface area contributed by atoms with Crippen molar-refractivity contribution in [2.75, 3.05) is 0 Å². The molecule has 1 aromatic carbocycles. The number of hydrogen-bond acceptors (Lipinski definition) is 5. The molecule has 5 heteroatoms. The molecule has 0 saturated heterocycles. The highest BCUT2D eigenvalue weighted by molar-refractivity contribution is 7.97. The van der Waals surface area contributed by atoms with Crippen molar-refractivity contribution in [3.63, 3.8) is 0 Å². The molecule has 1 atom stereocenters. The predicted octanol–water partition coefficient (Wildman–Crippen LogP) is 2.49. The minimum absolute atomic E-state index is 0.0148. The molecule has 1 aromatic heterocycles. The average Bonchev–Trinajstić information content (AvgIpc) is 3.34. The maximum Gasteiger partial charge on any atom is 0.115 e. The Morgan fingerprint density at radius 1 is 1.10 bits per heavy atom. The van der Waals surface area contributed by atoms with Gasteiger partial charge in [-0.05, 0) is 47.9 Å². The van der Waals surface area contributed by atoms with Crippen molar-refractivity contribution in [2.45, 2.75) is 30.3 Å². The zero-order valence-corrected chi connectivity index (χ0v) is 12.6. The van der Waals surface area contributed by atoms with Gasteiger partial charge in [0, 0.05) is 6.20 Å². The normalized spacial score (nSPS) is 16.1. The molecule has 3 rings (SSSR count). The third kappa shape index (κ3) is 3.83. The molecule has 0 radical (unpaired) electrons. The second-order valence-electron chi connectivity index (χ2n) is 5.33. The van der Waals surface area contributed by atoms with Gasteiger partial charge in [0.2, 0.25) is 0 Å². The van der Waals surface area contributed by atoms with Gasteiger partial charge in [0.1, 0.15) is 5.50 Å². The predicted molar refractivity (Wildman–Crippen MR) is 87.4 cm³/mol. The van der Waals surface area contributed by atoms with Crippen LogP contribution in [0, 0.1) is 0 Å². The Labute approximate surface area is 129 Å². The molecule has 1 saturated carbocycles. The number of hydrogen-bond donors (Lipinski definition) is 3. The number of nitrogens with zero attached hydrogens (tertiary/aromatic N) is 1. The Bertz CT molecular complexity index is 567. The molecule has 1 unspecified atom stereocenters. The summed E-state index contributed by atoms with van der Waals surface area (Å²) in [6.07, 6.45) is 4.58. The van der Waals surface area contributed by atoms with Crippen molar-refractivity contribution in [2.24, 2.45) is 11.5 Å². The van der Waals surface area contributed by atoms with Crippen molar-refractivity contribution in [1.82, 2.24) is 9.71 Å². The van der Waals surface area contributed by atoms with E-state index in [4.69, 9.17) is 11.5 Å². The van der Waals surface area contributed by atoms with E-state index >= 15 is 0 Å². The lowest BCUT2D eigenvalue weighted by molar-refractivity contribution is 0.761. The summed E-state index contributed by atoms with van der Waals surface area (Å²) < 4.78 is 3.32. The fraction of sp³-hybridized carbons (Fsp3) is 0.312. The van der Waals surface area contributed by atoms with Crippen LogP contribution in [-0.2, 0) is 0 Å². The topological polar surface area (TPSA) is 77.0 Å². The summed E-state index contributed by atoms with van der Waals surface area (Å²) in [5, 5.41) is 0. The van der Waals surface area contributed by atoms with Crippen LogP contribution in [0.1, 0.15) is 41.6 Å². The fourth-order valence-corrected chi connectivity index (χ4v) is 2.89. The third-order valence-electron chi connectivity index (χ3n) is 3.61. The monoisotopic (exact) mass is 300 g/mol. The van der Waals surface area contributed by atoms with Crippen LogP contribution in [0.5, 0.6) is 0 Å². The zero-order valence-electron chi connectivity index (χ0n) is 11.8. The average molecular weight is 300 g/mol. The van der Waals surface area contributed by atoms with E-state index in [-0.39, 0.29) is 6.04 Å². The Hall–Kier alpha value is -1.40. The van der Waals surface area contributed by atoms with Crippen LogP contribution in [0.15, 0.2) is 48.7 Å². The van der Waals surface area contributed by atoms with E-state index in [1.54, 1.807) is 0 Å². The zero-order chi connectivity index (χ0) is 14.7. The van der Waals surface area contributed by atoms with Crippen molar-refractivity contribution in [3.8, 4) is 0 Å². The number of aromatic nitrogens is 1. The molecule has 0 aliphatic heterocycles. The highest BCUT2D eigenvalue weighted by atomic mass is 32.2. The molecule has 1 fully saturated rings. The Morgan fingerprint density at radius 3 is 2.43 bits per heavy atom. The summed E-state index contributed by atoms with van der Waals surface area (Å²) in [5.41, 5.74) is 14.3. The van der Waals surface area contributed by atoms with Gasteiger partial charge in [-0.15, -0.1) is 0 Å². The van der Waals surface area contributed by atoms with Gasteiger partial charge in [0.15, 0.2) is 0 Å². The molecule has 0 amide bonds. The van der Waals surface area contributed by atoms with Crippen LogP contribution in [0.2, 0.25) is 0 Å². The third-order valence-corrected chi connectivity index (χ3v) is 4.25. The molecule has 1 heterocycles. The summed E-state index contributed by atoms with van der Waals surface area (Å²) >= 11 is 1.32. The van der Waals surface area contributed by atoms with Gasteiger partial charge in [-0.2, -0.15) is 0 Å². The molecule has 5 N–H and O–H groups in total. The molecule has 2 aromatic rings. The minimum Gasteiger partial charge on any atom is -0.306 e. The highest BCUT2D eigenvalue weighted by Crippen LogP contribution is 2.39. The Morgan fingerprint density at radius 2 is 1.86 bits per heavy atom. The number of nitrogens with two attached hydrogens (primary N) is 2. The number of nitrogens with one attached hydrogen (secondary N) is 1. The second-order valence-corrected chi connectivity index (χ2v) is 6.35. The first-order valence-electron chi connectivity index (χ1n) is 7.17. The molecular weight excluding hydrogens is 280 g/mol. The first kappa shape index (κ1) is 14.5. The van der Waals surface area contributed by atoms with Gasteiger partial charge in [0.25, 0.3) is 0 Å². The van der Waals surface area contributed by atoms with E-state index in [2.05, 4.69) is 34.0 Å². The summed E-state index contributed by atoms with van der Waals surface area (Å²) in [4.78, 5) is 4.64. The quantitative estimate of drug-likeness (QED) is 0.564. The van der Waals surface area contributed by atoms with Gasteiger partial charge >= 0.3 is 0 Å². The number of rotatable bonds is 6. The first-order valence-corrected chi connectivity index (χ1v) is 8.05.